The number of carboxylic acid groups (broad SMARTS) is 2. The van der Waals surface area contributed by atoms with Gasteiger partial charge in [-0.2, -0.15) is 0 Å². The number of carbonyl (C=O) groups is 2. The molecule has 1 aliphatic heterocycles. The molecule has 0 fully saturated rings. The van der Waals surface area contributed by atoms with Crippen molar-refractivity contribution in [1.29, 1.82) is 0 Å². The summed E-state index contributed by atoms with van der Waals surface area (Å²) in [4.78, 5) is 26.1. The van der Waals surface area contributed by atoms with Crippen molar-refractivity contribution in [3.05, 3.63) is 59.6 Å². The van der Waals surface area contributed by atoms with Crippen molar-refractivity contribution in [2.24, 2.45) is 0 Å². The lowest BCUT2D eigenvalue weighted by Gasteiger charge is -2.33. The van der Waals surface area contributed by atoms with Crippen LogP contribution in [0.5, 0.6) is 0 Å². The normalized spacial score (nSPS) is 12.2. The summed E-state index contributed by atoms with van der Waals surface area (Å²) in [6, 6.07) is 14.8. The van der Waals surface area contributed by atoms with Gasteiger partial charge in [-0.1, -0.05) is 35.5 Å². The van der Waals surface area contributed by atoms with Crippen LogP contribution in [0.1, 0.15) is 6.42 Å². The predicted molar refractivity (Wildman–Crippen MR) is 111 cm³/mol. The number of halogens is 1. The minimum Gasteiger partial charge on any atom is -0.545 e. The van der Waals surface area contributed by atoms with E-state index in [0.29, 0.717) is 12.2 Å². The van der Waals surface area contributed by atoms with Crippen LogP contribution in [0.3, 0.4) is 0 Å². The maximum absolute atomic E-state index is 9.41. The third-order valence-electron chi connectivity index (χ3n) is 3.93. The van der Waals surface area contributed by atoms with E-state index >= 15 is 0 Å². The van der Waals surface area contributed by atoms with Gasteiger partial charge in [-0.25, -0.2) is 0 Å². The first-order valence-corrected chi connectivity index (χ1v) is 10.1. The third kappa shape index (κ3) is 7.12. The molecule has 0 N–H and O–H groups in total. The predicted octanol–water partition coefficient (Wildman–Crippen LogP) is 1.94. The van der Waals surface area contributed by atoms with E-state index in [1.54, 1.807) is 0 Å². The number of rotatable bonds is 6. The summed E-state index contributed by atoms with van der Waals surface area (Å²) < 4.78 is 0. The highest BCUT2D eigenvalue weighted by atomic mass is 35.5. The standard InChI is InChI=1S/C17H19ClN2S.C4H4O4/c1-19(2)10-5-11-20-14-6-3-4-7-16(14)21-17-9-8-13(18)12-15(17)20;5-3(6)1-2-4(7)8/h3-4,6-9,12H,5,10-11H2,1-2H3;1-2H,(H,5,6)(H,7,8)/p-2/b;2-1-. The molecule has 1 heterocycles. The number of benzene rings is 2. The van der Waals surface area contributed by atoms with E-state index in [0.717, 1.165) is 24.5 Å². The number of para-hydroxylation sites is 1. The molecule has 0 atom stereocenters. The Kier molecular flexibility index (Phi) is 8.57. The van der Waals surface area contributed by atoms with Crippen molar-refractivity contribution >= 4 is 46.7 Å². The second-order valence-electron chi connectivity index (χ2n) is 6.46. The minimum absolute atomic E-state index is 0.384. The number of carbonyl (C=O) groups excluding carboxylic acids is 2. The lowest BCUT2D eigenvalue weighted by Crippen LogP contribution is -2.25. The number of carboxylic acids is 2. The van der Waals surface area contributed by atoms with Crippen LogP contribution in [0.15, 0.2) is 64.4 Å². The molecule has 3 rings (SSSR count). The van der Waals surface area contributed by atoms with Gasteiger partial charge in [0.2, 0.25) is 0 Å². The molecule has 0 radical (unpaired) electrons. The molecule has 6 nitrogen and oxygen atoms in total. The SMILES string of the molecule is CN(C)CCCN1c2ccccc2Sc2ccc(Cl)cc21.O=C([O-])/C=C\C(=O)[O-]. The fourth-order valence-electron chi connectivity index (χ4n) is 2.72. The van der Waals surface area contributed by atoms with Crippen molar-refractivity contribution in [1.82, 2.24) is 4.90 Å². The van der Waals surface area contributed by atoms with Gasteiger partial charge in [-0.15, -0.1) is 0 Å². The summed E-state index contributed by atoms with van der Waals surface area (Å²) in [6.45, 7) is 2.09. The van der Waals surface area contributed by atoms with Crippen molar-refractivity contribution in [2.75, 3.05) is 32.1 Å². The number of anilines is 2. The monoisotopic (exact) mass is 432 g/mol. The molecule has 0 saturated carbocycles. The van der Waals surface area contributed by atoms with Gasteiger partial charge in [0, 0.05) is 21.4 Å². The summed E-state index contributed by atoms with van der Waals surface area (Å²) in [5.74, 6) is -3.09. The van der Waals surface area contributed by atoms with Crippen LogP contribution >= 0.6 is 23.4 Å². The molecule has 29 heavy (non-hydrogen) atoms. The van der Waals surface area contributed by atoms with Gasteiger partial charge in [0.05, 0.1) is 23.3 Å². The van der Waals surface area contributed by atoms with E-state index in [2.05, 4.69) is 60.3 Å². The molecular formula is C21H21ClN2O4S-2. The Morgan fingerprint density at radius 3 is 2.28 bits per heavy atom. The lowest BCUT2D eigenvalue weighted by atomic mass is 10.2. The fourth-order valence-corrected chi connectivity index (χ4v) is 3.97. The van der Waals surface area contributed by atoms with Gasteiger partial charge >= 0.3 is 0 Å². The highest BCUT2D eigenvalue weighted by Gasteiger charge is 2.22. The van der Waals surface area contributed by atoms with E-state index in [9.17, 15) is 19.8 Å². The van der Waals surface area contributed by atoms with Gasteiger partial charge in [-0.3, -0.25) is 0 Å². The Hall–Kier alpha value is -2.48. The van der Waals surface area contributed by atoms with Crippen molar-refractivity contribution in [2.45, 2.75) is 16.2 Å². The van der Waals surface area contributed by atoms with Crippen molar-refractivity contribution in [3.63, 3.8) is 0 Å². The largest absolute Gasteiger partial charge is 0.545 e. The van der Waals surface area contributed by atoms with E-state index < -0.39 is 11.9 Å². The van der Waals surface area contributed by atoms with Gasteiger partial charge in [-0.05, 0) is 69.5 Å². The van der Waals surface area contributed by atoms with E-state index in [-0.39, 0.29) is 0 Å². The van der Waals surface area contributed by atoms with Gasteiger partial charge in [0.15, 0.2) is 0 Å². The Labute approximate surface area is 179 Å². The molecule has 0 aromatic heterocycles. The van der Waals surface area contributed by atoms with E-state index in [4.69, 9.17) is 11.6 Å². The molecule has 0 saturated heterocycles. The summed E-state index contributed by atoms with van der Waals surface area (Å²) in [6.07, 6.45) is 1.89. The lowest BCUT2D eigenvalue weighted by molar-refractivity contribution is -0.301. The average molecular weight is 433 g/mol. The smallest absolute Gasteiger partial charge is 0.0643 e. The van der Waals surface area contributed by atoms with Crippen LogP contribution < -0.4 is 15.1 Å². The molecule has 0 amide bonds. The summed E-state index contributed by atoms with van der Waals surface area (Å²) in [5, 5.41) is 19.6. The second-order valence-corrected chi connectivity index (χ2v) is 7.98. The summed E-state index contributed by atoms with van der Waals surface area (Å²) in [5.41, 5.74) is 2.51. The second kappa shape index (κ2) is 10.9. The topological polar surface area (TPSA) is 86.7 Å². The maximum Gasteiger partial charge on any atom is 0.0643 e. The molecule has 0 bridgehead atoms. The number of nitrogens with zero attached hydrogens (tertiary/aromatic N) is 2. The van der Waals surface area contributed by atoms with E-state index in [1.807, 2.05) is 17.8 Å². The first kappa shape index (κ1) is 22.8. The van der Waals surface area contributed by atoms with E-state index in [1.165, 1.54) is 21.2 Å². The minimum atomic E-state index is -1.55. The molecule has 2 aromatic rings. The zero-order valence-electron chi connectivity index (χ0n) is 16.1. The van der Waals surface area contributed by atoms with Crippen LogP contribution in [0.4, 0.5) is 11.4 Å². The van der Waals surface area contributed by atoms with Crippen LogP contribution in [-0.2, 0) is 9.59 Å². The molecule has 2 aromatic carbocycles. The molecule has 0 aliphatic carbocycles. The molecule has 0 spiro atoms. The van der Waals surface area contributed by atoms with Crippen molar-refractivity contribution < 1.29 is 19.8 Å². The molecular weight excluding hydrogens is 412 g/mol. The highest BCUT2D eigenvalue weighted by molar-refractivity contribution is 7.99. The van der Waals surface area contributed by atoms with Gasteiger partial charge in [0.1, 0.15) is 0 Å². The number of hydrogen-bond acceptors (Lipinski definition) is 7. The first-order chi connectivity index (χ1) is 13.8. The summed E-state index contributed by atoms with van der Waals surface area (Å²) >= 11 is 8.03. The Bertz CT molecular complexity index is 886. The maximum atomic E-state index is 9.41. The number of aliphatic carboxylic acids is 2. The zero-order chi connectivity index (χ0) is 21.4. The van der Waals surface area contributed by atoms with Crippen LogP contribution in [0.2, 0.25) is 5.02 Å². The average Bonchev–Trinajstić information content (AvgIpc) is 2.66. The molecule has 0 unspecified atom stereocenters. The Morgan fingerprint density at radius 2 is 1.66 bits per heavy atom. The zero-order valence-corrected chi connectivity index (χ0v) is 17.7. The van der Waals surface area contributed by atoms with Crippen molar-refractivity contribution in [3.8, 4) is 0 Å². The quantitative estimate of drug-likeness (QED) is 0.644. The van der Waals surface area contributed by atoms with Gasteiger partial charge in [0.25, 0.3) is 0 Å². The fraction of sp³-hybridized carbons (Fsp3) is 0.238. The van der Waals surface area contributed by atoms with Crippen LogP contribution in [0, 0.1) is 0 Å². The molecule has 154 valence electrons. The highest BCUT2D eigenvalue weighted by Crippen LogP contribution is 2.48. The Morgan fingerprint density at radius 1 is 1.03 bits per heavy atom. The molecule has 1 aliphatic rings. The molecule has 8 heteroatoms. The van der Waals surface area contributed by atoms with Crippen LogP contribution in [0.25, 0.3) is 0 Å². The Balaban J connectivity index is 0.000000321. The number of fused-ring (bicyclic) bond motifs is 2. The summed E-state index contributed by atoms with van der Waals surface area (Å²) in [7, 11) is 4.23. The van der Waals surface area contributed by atoms with Gasteiger partial charge < -0.3 is 29.6 Å². The third-order valence-corrected chi connectivity index (χ3v) is 5.30. The first-order valence-electron chi connectivity index (χ1n) is 8.86. The van der Waals surface area contributed by atoms with Crippen LogP contribution in [-0.4, -0.2) is 44.0 Å². The number of hydrogen-bond donors (Lipinski definition) is 0.